The standard InChI is InChI=1S/C18H20O2/c1-2-17(19)16-8-3-4-9-18(16)20-15-11-10-13-6-5-7-14(13)12-15/h3-4,8-12,17,19H,2,5-7H2,1H3/t17-/m1/s1. The van der Waals surface area contributed by atoms with Crippen LogP contribution in [0.3, 0.4) is 0 Å². The van der Waals surface area contributed by atoms with Crippen molar-refractivity contribution >= 4 is 0 Å². The van der Waals surface area contributed by atoms with Crippen molar-refractivity contribution in [3.63, 3.8) is 0 Å². The molecule has 0 radical (unpaired) electrons. The Morgan fingerprint density at radius 3 is 2.75 bits per heavy atom. The smallest absolute Gasteiger partial charge is 0.133 e. The molecular weight excluding hydrogens is 248 g/mol. The highest BCUT2D eigenvalue weighted by Gasteiger charge is 2.14. The largest absolute Gasteiger partial charge is 0.457 e. The van der Waals surface area contributed by atoms with Gasteiger partial charge in [-0.25, -0.2) is 0 Å². The molecule has 0 heterocycles. The Labute approximate surface area is 120 Å². The second-order valence-electron chi connectivity index (χ2n) is 5.35. The lowest BCUT2D eigenvalue weighted by molar-refractivity contribution is 0.170. The number of ether oxygens (including phenoxy) is 1. The summed E-state index contributed by atoms with van der Waals surface area (Å²) in [6.45, 7) is 1.97. The van der Waals surface area contributed by atoms with Gasteiger partial charge in [-0.1, -0.05) is 31.2 Å². The summed E-state index contributed by atoms with van der Waals surface area (Å²) in [4.78, 5) is 0. The minimum absolute atomic E-state index is 0.472. The molecule has 0 saturated carbocycles. The maximum atomic E-state index is 10.1. The van der Waals surface area contributed by atoms with Crippen LogP contribution in [0, 0.1) is 0 Å². The van der Waals surface area contributed by atoms with Crippen molar-refractivity contribution in [3.05, 3.63) is 59.2 Å². The van der Waals surface area contributed by atoms with Crippen LogP contribution < -0.4 is 4.74 Å². The Bertz CT molecular complexity index is 604. The van der Waals surface area contributed by atoms with Crippen molar-refractivity contribution in [2.75, 3.05) is 0 Å². The van der Waals surface area contributed by atoms with E-state index in [-0.39, 0.29) is 0 Å². The summed E-state index contributed by atoms with van der Waals surface area (Å²) >= 11 is 0. The number of para-hydroxylation sites is 1. The molecule has 1 N–H and O–H groups in total. The Hall–Kier alpha value is -1.80. The fraction of sp³-hybridized carbons (Fsp3) is 0.333. The SMILES string of the molecule is CC[C@@H](O)c1ccccc1Oc1ccc2c(c1)CCC2. The van der Waals surface area contributed by atoms with Gasteiger partial charge in [0.2, 0.25) is 0 Å². The van der Waals surface area contributed by atoms with Gasteiger partial charge < -0.3 is 9.84 Å². The molecule has 0 amide bonds. The summed E-state index contributed by atoms with van der Waals surface area (Å²) in [5.41, 5.74) is 3.70. The molecule has 0 unspecified atom stereocenters. The van der Waals surface area contributed by atoms with Gasteiger partial charge >= 0.3 is 0 Å². The van der Waals surface area contributed by atoms with Crippen LogP contribution in [-0.4, -0.2) is 5.11 Å². The van der Waals surface area contributed by atoms with Crippen molar-refractivity contribution in [2.45, 2.75) is 38.7 Å². The third-order valence-electron chi connectivity index (χ3n) is 3.96. The number of hydrogen-bond donors (Lipinski definition) is 1. The normalized spacial score (nSPS) is 14.9. The highest BCUT2D eigenvalue weighted by Crippen LogP contribution is 2.33. The van der Waals surface area contributed by atoms with Gasteiger partial charge in [-0.15, -0.1) is 0 Å². The van der Waals surface area contributed by atoms with E-state index in [2.05, 4.69) is 12.1 Å². The summed E-state index contributed by atoms with van der Waals surface area (Å²) in [6, 6.07) is 14.0. The molecule has 20 heavy (non-hydrogen) atoms. The van der Waals surface area contributed by atoms with E-state index in [1.54, 1.807) is 0 Å². The molecule has 1 aliphatic rings. The van der Waals surface area contributed by atoms with Gasteiger partial charge in [-0.05, 0) is 55.0 Å². The first-order valence-electron chi connectivity index (χ1n) is 7.34. The lowest BCUT2D eigenvalue weighted by atomic mass is 10.1. The highest BCUT2D eigenvalue weighted by atomic mass is 16.5. The first-order chi connectivity index (χ1) is 9.78. The van der Waals surface area contributed by atoms with Crippen LogP contribution in [0.4, 0.5) is 0 Å². The Morgan fingerprint density at radius 1 is 1.10 bits per heavy atom. The molecule has 1 aliphatic carbocycles. The first kappa shape index (κ1) is 13.2. The molecule has 0 fully saturated rings. The summed E-state index contributed by atoms with van der Waals surface area (Å²) in [7, 11) is 0. The van der Waals surface area contributed by atoms with Crippen molar-refractivity contribution < 1.29 is 9.84 Å². The maximum absolute atomic E-state index is 10.1. The molecule has 2 aromatic rings. The third kappa shape index (κ3) is 2.56. The molecule has 1 atom stereocenters. The van der Waals surface area contributed by atoms with Gasteiger partial charge in [-0.3, -0.25) is 0 Å². The van der Waals surface area contributed by atoms with Gasteiger partial charge in [0.15, 0.2) is 0 Å². The van der Waals surface area contributed by atoms with Gasteiger partial charge in [0.05, 0.1) is 6.10 Å². The van der Waals surface area contributed by atoms with E-state index in [0.29, 0.717) is 6.42 Å². The number of benzene rings is 2. The van der Waals surface area contributed by atoms with Crippen molar-refractivity contribution in [3.8, 4) is 11.5 Å². The molecule has 3 rings (SSSR count). The first-order valence-corrected chi connectivity index (χ1v) is 7.34. The van der Waals surface area contributed by atoms with Crippen molar-refractivity contribution in [1.29, 1.82) is 0 Å². The van der Waals surface area contributed by atoms with Crippen LogP contribution in [0.15, 0.2) is 42.5 Å². The van der Waals surface area contributed by atoms with E-state index in [9.17, 15) is 5.11 Å². The van der Waals surface area contributed by atoms with Crippen LogP contribution in [-0.2, 0) is 12.8 Å². The lowest BCUT2D eigenvalue weighted by Crippen LogP contribution is -1.98. The van der Waals surface area contributed by atoms with Gasteiger partial charge in [0.1, 0.15) is 11.5 Å². The fourth-order valence-electron chi connectivity index (χ4n) is 2.81. The zero-order chi connectivity index (χ0) is 13.9. The summed E-state index contributed by atoms with van der Waals surface area (Å²) in [6.07, 6.45) is 3.78. The number of hydrogen-bond acceptors (Lipinski definition) is 2. The van der Waals surface area contributed by atoms with Crippen LogP contribution in [0.5, 0.6) is 11.5 Å². The Balaban J connectivity index is 1.88. The third-order valence-corrected chi connectivity index (χ3v) is 3.96. The predicted octanol–water partition coefficient (Wildman–Crippen LogP) is 4.41. The van der Waals surface area contributed by atoms with E-state index in [1.165, 1.54) is 24.0 Å². The molecule has 0 bridgehead atoms. The number of aryl methyl sites for hydroxylation is 2. The zero-order valence-corrected chi connectivity index (χ0v) is 11.8. The monoisotopic (exact) mass is 268 g/mol. The van der Waals surface area contributed by atoms with Crippen molar-refractivity contribution in [2.24, 2.45) is 0 Å². The Kier molecular flexibility index (Phi) is 3.75. The van der Waals surface area contributed by atoms with Gasteiger partial charge in [0.25, 0.3) is 0 Å². The topological polar surface area (TPSA) is 29.5 Å². The zero-order valence-electron chi connectivity index (χ0n) is 11.8. The molecule has 2 heteroatoms. The fourth-order valence-corrected chi connectivity index (χ4v) is 2.81. The minimum Gasteiger partial charge on any atom is -0.457 e. The average molecular weight is 268 g/mol. The van der Waals surface area contributed by atoms with Crippen LogP contribution in [0.1, 0.15) is 42.6 Å². The van der Waals surface area contributed by atoms with Crippen LogP contribution in [0.2, 0.25) is 0 Å². The predicted molar refractivity (Wildman–Crippen MR) is 80.2 cm³/mol. The van der Waals surface area contributed by atoms with E-state index < -0.39 is 6.10 Å². The number of fused-ring (bicyclic) bond motifs is 1. The quantitative estimate of drug-likeness (QED) is 0.890. The molecule has 2 aromatic carbocycles. The average Bonchev–Trinajstić information content (AvgIpc) is 2.94. The molecule has 0 aliphatic heterocycles. The summed E-state index contributed by atoms with van der Waals surface area (Å²) in [5, 5.41) is 10.1. The highest BCUT2D eigenvalue weighted by molar-refractivity contribution is 5.43. The molecule has 0 spiro atoms. The van der Waals surface area contributed by atoms with Crippen LogP contribution >= 0.6 is 0 Å². The Morgan fingerprint density at radius 2 is 1.90 bits per heavy atom. The molecule has 2 nitrogen and oxygen atoms in total. The summed E-state index contributed by atoms with van der Waals surface area (Å²) in [5.74, 6) is 1.61. The number of aliphatic hydroxyl groups is 1. The maximum Gasteiger partial charge on any atom is 0.133 e. The van der Waals surface area contributed by atoms with Gasteiger partial charge in [0, 0.05) is 5.56 Å². The van der Waals surface area contributed by atoms with Crippen molar-refractivity contribution in [1.82, 2.24) is 0 Å². The van der Waals surface area contributed by atoms with E-state index in [1.807, 2.05) is 37.3 Å². The lowest BCUT2D eigenvalue weighted by Gasteiger charge is -2.15. The molecule has 0 aromatic heterocycles. The van der Waals surface area contributed by atoms with E-state index >= 15 is 0 Å². The second-order valence-corrected chi connectivity index (χ2v) is 5.35. The van der Waals surface area contributed by atoms with Crippen LogP contribution in [0.25, 0.3) is 0 Å². The molecule has 0 saturated heterocycles. The minimum atomic E-state index is -0.472. The molecule has 104 valence electrons. The number of aliphatic hydroxyl groups excluding tert-OH is 1. The summed E-state index contributed by atoms with van der Waals surface area (Å²) < 4.78 is 6.00. The van der Waals surface area contributed by atoms with Gasteiger partial charge in [-0.2, -0.15) is 0 Å². The second kappa shape index (κ2) is 5.68. The number of rotatable bonds is 4. The van der Waals surface area contributed by atoms with E-state index in [0.717, 1.165) is 23.5 Å². The van der Waals surface area contributed by atoms with E-state index in [4.69, 9.17) is 4.74 Å². The molecular formula is C18H20O2.